The molecule has 3 rings (SSSR count). The van der Waals surface area contributed by atoms with Crippen LogP contribution in [0.25, 0.3) is 5.65 Å². The molecule has 0 fully saturated rings. The summed E-state index contributed by atoms with van der Waals surface area (Å²) in [6, 6.07) is 1.99. The van der Waals surface area contributed by atoms with Crippen molar-refractivity contribution in [3.63, 3.8) is 0 Å². The van der Waals surface area contributed by atoms with Crippen LogP contribution >= 0.6 is 0 Å². The van der Waals surface area contributed by atoms with Gasteiger partial charge in [-0.2, -0.15) is 13.2 Å². The average molecular weight is 311 g/mol. The fourth-order valence-electron chi connectivity index (χ4n) is 2.24. The van der Waals surface area contributed by atoms with Crippen molar-refractivity contribution in [3.8, 4) is 0 Å². The predicted octanol–water partition coefficient (Wildman–Crippen LogP) is 2.97. The number of aliphatic hydroxyl groups excluding tert-OH is 1. The first kappa shape index (κ1) is 14.5. The van der Waals surface area contributed by atoms with Crippen molar-refractivity contribution in [2.45, 2.75) is 12.3 Å². The third kappa shape index (κ3) is 2.41. The fraction of sp³-hybridized carbons (Fsp3) is 0.143. The third-order valence-corrected chi connectivity index (χ3v) is 3.24. The Morgan fingerprint density at radius 2 is 1.95 bits per heavy atom. The van der Waals surface area contributed by atoms with Crippen LogP contribution in [0.15, 0.2) is 43.0 Å². The third-order valence-electron chi connectivity index (χ3n) is 3.24. The zero-order chi connectivity index (χ0) is 15.9. The minimum Gasteiger partial charge on any atom is -0.382 e. The van der Waals surface area contributed by atoms with Crippen LogP contribution in [0.3, 0.4) is 0 Å². The quantitative estimate of drug-likeness (QED) is 0.740. The molecule has 0 spiro atoms. The summed E-state index contributed by atoms with van der Waals surface area (Å²) in [6.07, 6.45) is -0.899. The van der Waals surface area contributed by atoms with Crippen LogP contribution in [0.5, 0.6) is 0 Å². The van der Waals surface area contributed by atoms with Crippen molar-refractivity contribution < 1.29 is 22.7 Å². The van der Waals surface area contributed by atoms with E-state index in [1.807, 2.05) is 0 Å². The van der Waals surface area contributed by atoms with E-state index < -0.39 is 29.2 Å². The number of benzene rings is 1. The van der Waals surface area contributed by atoms with Gasteiger partial charge in [0.1, 0.15) is 11.9 Å². The molecule has 1 aromatic carbocycles. The highest BCUT2D eigenvalue weighted by Gasteiger charge is 2.36. The number of aliphatic hydroxyl groups is 1. The molecule has 8 heteroatoms. The molecule has 1 N–H and O–H groups in total. The summed E-state index contributed by atoms with van der Waals surface area (Å²) in [7, 11) is 0. The van der Waals surface area contributed by atoms with Crippen molar-refractivity contribution in [2.75, 3.05) is 0 Å². The smallest absolute Gasteiger partial charge is 0.382 e. The largest absolute Gasteiger partial charge is 0.416 e. The Morgan fingerprint density at radius 3 is 2.68 bits per heavy atom. The summed E-state index contributed by atoms with van der Waals surface area (Å²) in [5.41, 5.74) is -1.20. The summed E-state index contributed by atoms with van der Waals surface area (Å²) in [4.78, 5) is 7.77. The molecule has 114 valence electrons. The summed E-state index contributed by atoms with van der Waals surface area (Å²) in [6.45, 7) is 0. The fourth-order valence-corrected chi connectivity index (χ4v) is 2.24. The first-order chi connectivity index (χ1) is 10.4. The van der Waals surface area contributed by atoms with E-state index in [-0.39, 0.29) is 5.69 Å². The SMILES string of the molecule is OC(c1cc(F)ccc1C(F)(F)F)c1cnc2cnccn12. The molecule has 0 aliphatic carbocycles. The van der Waals surface area contributed by atoms with E-state index in [2.05, 4.69) is 9.97 Å². The number of nitrogens with zero attached hydrogens (tertiary/aromatic N) is 3. The van der Waals surface area contributed by atoms with E-state index in [9.17, 15) is 22.7 Å². The highest BCUT2D eigenvalue weighted by molar-refractivity contribution is 5.42. The maximum Gasteiger partial charge on any atom is 0.416 e. The van der Waals surface area contributed by atoms with Crippen molar-refractivity contribution in [1.82, 2.24) is 14.4 Å². The highest BCUT2D eigenvalue weighted by Crippen LogP contribution is 2.37. The lowest BCUT2D eigenvalue weighted by molar-refractivity contribution is -0.139. The molecule has 1 unspecified atom stereocenters. The minimum absolute atomic E-state index is 0.0912. The molecule has 0 aliphatic heterocycles. The van der Waals surface area contributed by atoms with Gasteiger partial charge in [0.05, 0.1) is 23.7 Å². The van der Waals surface area contributed by atoms with Gasteiger partial charge in [0.15, 0.2) is 5.65 Å². The maximum absolute atomic E-state index is 13.3. The van der Waals surface area contributed by atoms with Crippen LogP contribution in [-0.2, 0) is 6.18 Å². The first-order valence-corrected chi connectivity index (χ1v) is 6.19. The van der Waals surface area contributed by atoms with E-state index in [0.717, 1.165) is 0 Å². The molecule has 3 aromatic rings. The zero-order valence-electron chi connectivity index (χ0n) is 10.9. The van der Waals surface area contributed by atoms with Gasteiger partial charge in [-0.1, -0.05) is 0 Å². The van der Waals surface area contributed by atoms with Crippen LogP contribution in [0.1, 0.15) is 22.9 Å². The molecule has 2 heterocycles. The lowest BCUT2D eigenvalue weighted by Gasteiger charge is -2.17. The highest BCUT2D eigenvalue weighted by atomic mass is 19.4. The van der Waals surface area contributed by atoms with Gasteiger partial charge in [0.2, 0.25) is 0 Å². The van der Waals surface area contributed by atoms with Crippen LogP contribution < -0.4 is 0 Å². The number of rotatable bonds is 2. The summed E-state index contributed by atoms with van der Waals surface area (Å²) in [5, 5.41) is 10.3. The molecule has 22 heavy (non-hydrogen) atoms. The van der Waals surface area contributed by atoms with Gasteiger partial charge in [0.25, 0.3) is 0 Å². The van der Waals surface area contributed by atoms with E-state index in [1.165, 1.54) is 29.2 Å². The van der Waals surface area contributed by atoms with E-state index >= 15 is 0 Å². The van der Waals surface area contributed by atoms with Crippen molar-refractivity contribution in [3.05, 3.63) is 65.6 Å². The second kappa shape index (κ2) is 5.06. The molecule has 0 aliphatic rings. The van der Waals surface area contributed by atoms with Crippen molar-refractivity contribution >= 4 is 5.65 Å². The Morgan fingerprint density at radius 1 is 1.18 bits per heavy atom. The first-order valence-electron chi connectivity index (χ1n) is 6.19. The van der Waals surface area contributed by atoms with Gasteiger partial charge in [-0.05, 0) is 18.2 Å². The maximum atomic E-state index is 13.3. The Bertz CT molecular complexity index is 828. The lowest BCUT2D eigenvalue weighted by Crippen LogP contribution is -2.14. The average Bonchev–Trinajstić information content (AvgIpc) is 2.89. The van der Waals surface area contributed by atoms with Crippen LogP contribution in [0.2, 0.25) is 0 Å². The monoisotopic (exact) mass is 311 g/mol. The van der Waals surface area contributed by atoms with Gasteiger partial charge >= 0.3 is 6.18 Å². The molecular weight excluding hydrogens is 302 g/mol. The minimum atomic E-state index is -4.70. The topological polar surface area (TPSA) is 50.4 Å². The van der Waals surface area contributed by atoms with Gasteiger partial charge in [-0.15, -0.1) is 0 Å². The molecule has 0 saturated heterocycles. The number of halogens is 4. The number of alkyl halides is 3. The molecular formula is C14H9F4N3O. The second-order valence-electron chi connectivity index (χ2n) is 4.62. The molecule has 4 nitrogen and oxygen atoms in total. The zero-order valence-corrected chi connectivity index (χ0v) is 10.9. The van der Waals surface area contributed by atoms with Crippen LogP contribution in [0.4, 0.5) is 17.6 Å². The Labute approximate surface area is 121 Å². The lowest BCUT2D eigenvalue weighted by atomic mass is 10.00. The summed E-state index contributed by atoms with van der Waals surface area (Å²) >= 11 is 0. The number of hydrogen-bond acceptors (Lipinski definition) is 3. The van der Waals surface area contributed by atoms with Gasteiger partial charge in [-0.3, -0.25) is 9.38 Å². The molecule has 1 atom stereocenters. The number of aromatic nitrogens is 3. The van der Waals surface area contributed by atoms with Crippen molar-refractivity contribution in [2.24, 2.45) is 0 Å². The Hall–Kier alpha value is -2.48. The Balaban J connectivity index is 2.16. The summed E-state index contributed by atoms with van der Waals surface area (Å²) < 4.78 is 53.8. The standard InChI is InChI=1S/C14H9F4N3O/c15-8-1-2-10(14(16,17)18)9(5-8)13(22)11-6-20-12-7-19-3-4-21(11)12/h1-7,13,22H. The summed E-state index contributed by atoms with van der Waals surface area (Å²) in [5.74, 6) is -0.863. The van der Waals surface area contributed by atoms with Gasteiger partial charge < -0.3 is 5.11 Å². The Kier molecular flexibility index (Phi) is 3.32. The van der Waals surface area contributed by atoms with Gasteiger partial charge in [-0.25, -0.2) is 9.37 Å². The predicted molar refractivity (Wildman–Crippen MR) is 68.5 cm³/mol. The van der Waals surface area contributed by atoms with Crippen LogP contribution in [-0.4, -0.2) is 19.5 Å². The number of fused-ring (bicyclic) bond motifs is 1. The van der Waals surface area contributed by atoms with Crippen LogP contribution in [0, 0.1) is 5.82 Å². The van der Waals surface area contributed by atoms with Crippen molar-refractivity contribution in [1.29, 1.82) is 0 Å². The number of imidazole rings is 1. The molecule has 0 saturated carbocycles. The number of hydrogen-bond donors (Lipinski definition) is 1. The molecule has 0 bridgehead atoms. The van der Waals surface area contributed by atoms with E-state index in [0.29, 0.717) is 23.8 Å². The normalized spacial score (nSPS) is 13.5. The molecule has 2 aromatic heterocycles. The van der Waals surface area contributed by atoms with E-state index in [4.69, 9.17) is 0 Å². The van der Waals surface area contributed by atoms with E-state index in [1.54, 1.807) is 0 Å². The molecule has 0 amide bonds. The van der Waals surface area contributed by atoms with Gasteiger partial charge in [0, 0.05) is 18.0 Å². The molecule has 0 radical (unpaired) electrons. The second-order valence-corrected chi connectivity index (χ2v) is 4.62.